The number of hydrogen-bond acceptors (Lipinski definition) is 9. The van der Waals surface area contributed by atoms with Gasteiger partial charge in [-0.1, -0.05) is 24.3 Å². The summed E-state index contributed by atoms with van der Waals surface area (Å²) in [7, 11) is 1.74. The number of rotatable bonds is 12. The second-order valence-electron chi connectivity index (χ2n) is 7.96. The first-order valence-electron chi connectivity index (χ1n) is 11.2. The summed E-state index contributed by atoms with van der Waals surface area (Å²) in [5, 5.41) is 7.97. The van der Waals surface area contributed by atoms with E-state index in [0.29, 0.717) is 26.2 Å². The van der Waals surface area contributed by atoms with Crippen LogP contribution in [0.25, 0.3) is 0 Å². The van der Waals surface area contributed by atoms with Gasteiger partial charge >= 0.3 is 12.2 Å². The van der Waals surface area contributed by atoms with Gasteiger partial charge in [-0.05, 0) is 52.8 Å². The van der Waals surface area contributed by atoms with Gasteiger partial charge in [-0.2, -0.15) is 0 Å². The zero-order valence-electron chi connectivity index (χ0n) is 19.8. The number of amides is 2. The first kappa shape index (κ1) is 26.4. The second-order valence-corrected chi connectivity index (χ2v) is 12.1. The molecule has 0 aliphatic rings. The Labute approximate surface area is 226 Å². The normalized spacial score (nSPS) is 10.9. The Balaban J connectivity index is 1.27. The van der Waals surface area contributed by atoms with Gasteiger partial charge in [0.25, 0.3) is 0 Å². The van der Waals surface area contributed by atoms with E-state index >= 15 is 0 Å². The number of carbonyl (C=O) groups is 2. The van der Waals surface area contributed by atoms with E-state index in [1.807, 2.05) is 70.1 Å². The molecule has 0 aliphatic carbocycles. The maximum Gasteiger partial charge on any atom is 0.411 e. The summed E-state index contributed by atoms with van der Waals surface area (Å²) in [5.74, 6) is 0. The largest absolute Gasteiger partial charge is 0.433 e. The average Bonchev–Trinajstić information content (AvgIpc) is 3.69. The molecule has 7 nitrogen and oxygen atoms in total. The van der Waals surface area contributed by atoms with Gasteiger partial charge in [0.1, 0.15) is 13.5 Å². The molecule has 0 unspecified atom stereocenters. The fourth-order valence-electron chi connectivity index (χ4n) is 3.28. The van der Waals surface area contributed by atoms with E-state index in [2.05, 4.69) is 0 Å². The predicted molar refractivity (Wildman–Crippen MR) is 146 cm³/mol. The smallest absolute Gasteiger partial charge is 0.411 e. The van der Waals surface area contributed by atoms with Crippen molar-refractivity contribution in [2.24, 2.45) is 0 Å². The first-order chi connectivity index (χ1) is 17.6. The van der Waals surface area contributed by atoms with Gasteiger partial charge in [0.05, 0.1) is 26.2 Å². The monoisotopic (exact) mass is 561 g/mol. The van der Waals surface area contributed by atoms with Crippen LogP contribution in [0.3, 0.4) is 0 Å². The van der Waals surface area contributed by atoms with Gasteiger partial charge < -0.3 is 9.47 Å². The molecule has 0 N–H and O–H groups in total. The molecule has 36 heavy (non-hydrogen) atoms. The van der Waals surface area contributed by atoms with E-state index in [1.165, 1.54) is 0 Å². The molecular weight excluding hydrogens is 535 g/mol. The van der Waals surface area contributed by atoms with E-state index in [-0.39, 0.29) is 13.5 Å². The van der Waals surface area contributed by atoms with E-state index in [1.54, 1.807) is 67.1 Å². The van der Waals surface area contributed by atoms with Crippen LogP contribution in [-0.4, -0.2) is 47.4 Å². The van der Waals surface area contributed by atoms with Crippen molar-refractivity contribution in [3.05, 3.63) is 89.6 Å². The first-order valence-corrected chi connectivity index (χ1v) is 14.7. The highest BCUT2D eigenvalue weighted by atomic mass is 32.1. The van der Waals surface area contributed by atoms with Crippen molar-refractivity contribution in [2.45, 2.75) is 26.2 Å². The van der Waals surface area contributed by atoms with Crippen LogP contribution in [0.5, 0.6) is 0 Å². The lowest BCUT2D eigenvalue weighted by atomic mass is 10.4. The van der Waals surface area contributed by atoms with E-state index in [9.17, 15) is 9.59 Å². The van der Waals surface area contributed by atoms with Gasteiger partial charge in [0, 0.05) is 19.5 Å². The van der Waals surface area contributed by atoms with Gasteiger partial charge in [0.15, 0.2) is 0 Å². The molecule has 0 spiro atoms. The number of ether oxygens (including phenoxy) is 2. The lowest BCUT2D eigenvalue weighted by Crippen LogP contribution is -2.36. The molecule has 4 aromatic heterocycles. The fraction of sp³-hybridized carbons (Fsp3) is 0.280. The molecule has 2 amide bonds. The summed E-state index contributed by atoms with van der Waals surface area (Å²) in [6.07, 6.45) is -0.820. The molecule has 0 fully saturated rings. The van der Waals surface area contributed by atoms with Crippen molar-refractivity contribution in [1.29, 1.82) is 0 Å². The zero-order valence-corrected chi connectivity index (χ0v) is 23.0. The van der Waals surface area contributed by atoms with Crippen LogP contribution < -0.4 is 0 Å². The van der Waals surface area contributed by atoms with Crippen LogP contribution in [-0.2, 0) is 35.7 Å². The van der Waals surface area contributed by atoms with Crippen LogP contribution in [0, 0.1) is 0 Å². The van der Waals surface area contributed by atoms with Gasteiger partial charge in [-0.3, -0.25) is 9.80 Å². The van der Waals surface area contributed by atoms with Crippen LogP contribution in [0.15, 0.2) is 70.1 Å². The number of nitrogens with zero attached hydrogens (tertiary/aromatic N) is 3. The summed E-state index contributed by atoms with van der Waals surface area (Å²) in [4.78, 5) is 35.1. The van der Waals surface area contributed by atoms with E-state index in [4.69, 9.17) is 9.47 Å². The lowest BCUT2D eigenvalue weighted by molar-refractivity contribution is -0.00201. The molecule has 0 aliphatic heterocycles. The van der Waals surface area contributed by atoms with E-state index < -0.39 is 12.2 Å². The third-order valence-electron chi connectivity index (χ3n) is 5.04. The van der Waals surface area contributed by atoms with Crippen molar-refractivity contribution >= 4 is 57.5 Å². The molecule has 4 rings (SSSR count). The quantitative estimate of drug-likeness (QED) is 0.179. The van der Waals surface area contributed by atoms with Crippen LogP contribution >= 0.6 is 45.3 Å². The molecule has 0 saturated heterocycles. The minimum Gasteiger partial charge on any atom is -0.433 e. The maximum atomic E-state index is 12.9. The maximum absolute atomic E-state index is 12.9. The van der Waals surface area contributed by atoms with E-state index in [0.717, 1.165) is 19.5 Å². The van der Waals surface area contributed by atoms with Crippen molar-refractivity contribution in [3.8, 4) is 0 Å². The SMILES string of the molecule is CN(COC(=O)N(Cc1cccs1)Cc1cccs1)COC(=O)N(Cc1cccs1)Cc1cccs1. The molecule has 4 heterocycles. The molecule has 0 bridgehead atoms. The number of carbonyl (C=O) groups excluding carboxylic acids is 2. The van der Waals surface area contributed by atoms with Crippen molar-refractivity contribution in [3.63, 3.8) is 0 Å². The van der Waals surface area contributed by atoms with Crippen molar-refractivity contribution in [1.82, 2.24) is 14.7 Å². The second kappa shape index (κ2) is 13.6. The summed E-state index contributed by atoms with van der Waals surface area (Å²) >= 11 is 6.42. The summed E-state index contributed by atoms with van der Waals surface area (Å²) in [6, 6.07) is 15.9. The molecule has 190 valence electrons. The fourth-order valence-corrected chi connectivity index (χ4v) is 6.16. The Hall–Kier alpha value is -2.70. The van der Waals surface area contributed by atoms with Crippen molar-refractivity contribution in [2.75, 3.05) is 20.5 Å². The lowest BCUT2D eigenvalue weighted by Gasteiger charge is -2.25. The third kappa shape index (κ3) is 8.17. The zero-order chi connectivity index (χ0) is 25.2. The number of thiophene rings is 4. The van der Waals surface area contributed by atoms with Crippen LogP contribution in [0.4, 0.5) is 9.59 Å². The Bertz CT molecular complexity index is 997. The van der Waals surface area contributed by atoms with Crippen molar-refractivity contribution < 1.29 is 19.1 Å². The highest BCUT2D eigenvalue weighted by Gasteiger charge is 2.20. The third-order valence-corrected chi connectivity index (χ3v) is 8.49. The Kier molecular flexibility index (Phi) is 9.93. The predicted octanol–water partition coefficient (Wildman–Crippen LogP) is 6.76. The molecule has 0 radical (unpaired) electrons. The summed E-state index contributed by atoms with van der Waals surface area (Å²) < 4.78 is 11.1. The Morgan fingerprint density at radius 3 is 1.17 bits per heavy atom. The summed E-state index contributed by atoms with van der Waals surface area (Å²) in [6.45, 7) is 1.93. The van der Waals surface area contributed by atoms with Crippen LogP contribution in [0.1, 0.15) is 19.5 Å². The Morgan fingerprint density at radius 1 is 0.611 bits per heavy atom. The molecule has 0 aromatic carbocycles. The van der Waals surface area contributed by atoms with Gasteiger partial charge in [0.2, 0.25) is 0 Å². The molecule has 11 heteroatoms. The topological polar surface area (TPSA) is 62.3 Å². The minimum absolute atomic E-state index is 0.00729. The molecule has 4 aromatic rings. The minimum atomic E-state index is -0.410. The average molecular weight is 562 g/mol. The van der Waals surface area contributed by atoms with Crippen LogP contribution in [0.2, 0.25) is 0 Å². The molecule has 0 saturated carbocycles. The highest BCUT2D eigenvalue weighted by molar-refractivity contribution is 7.10. The standard InChI is InChI=1S/C25H27N3O4S4/c1-26(18-31-24(29)27(14-20-6-2-10-33-20)15-21-7-3-11-34-21)19-32-25(30)28(16-22-8-4-12-35-22)17-23-9-5-13-36-23/h2-13H,14-19H2,1H3. The highest BCUT2D eigenvalue weighted by Crippen LogP contribution is 2.19. The summed E-state index contributed by atoms with van der Waals surface area (Å²) in [5.41, 5.74) is 0. The Morgan fingerprint density at radius 2 is 0.917 bits per heavy atom. The molecular formula is C25H27N3O4S4. The molecule has 0 atom stereocenters. The van der Waals surface area contributed by atoms with Gasteiger partial charge in [-0.15, -0.1) is 45.3 Å². The van der Waals surface area contributed by atoms with Gasteiger partial charge in [-0.25, -0.2) is 14.5 Å². The number of hydrogen-bond donors (Lipinski definition) is 0.